The van der Waals surface area contributed by atoms with Gasteiger partial charge in [0.25, 0.3) is 0 Å². The van der Waals surface area contributed by atoms with Crippen molar-refractivity contribution in [2.45, 2.75) is 40.5 Å². The quantitative estimate of drug-likeness (QED) is 0.592. The van der Waals surface area contributed by atoms with Gasteiger partial charge >= 0.3 is 0 Å². The van der Waals surface area contributed by atoms with E-state index < -0.39 is 0 Å². The number of quaternary nitrogens is 1. The fraction of sp³-hybridized carbons (Fsp3) is 1.00. The van der Waals surface area contributed by atoms with Crippen molar-refractivity contribution in [3.63, 3.8) is 0 Å². The average molecular weight is 184 g/mol. The van der Waals surface area contributed by atoms with Gasteiger partial charge in [0, 0.05) is 5.92 Å². The molecule has 0 aromatic carbocycles. The van der Waals surface area contributed by atoms with E-state index in [1.165, 1.54) is 43.5 Å². The van der Waals surface area contributed by atoms with Crippen LogP contribution in [0.2, 0.25) is 0 Å². The molecule has 0 aliphatic carbocycles. The van der Waals surface area contributed by atoms with Gasteiger partial charge in [0.1, 0.15) is 0 Å². The molecule has 0 radical (unpaired) electrons. The lowest BCUT2D eigenvalue weighted by molar-refractivity contribution is -0.933. The number of rotatable bonds is 3. The zero-order valence-corrected chi connectivity index (χ0v) is 9.84. The molecule has 1 saturated heterocycles. The summed E-state index contributed by atoms with van der Waals surface area (Å²) >= 11 is 0. The molecule has 0 saturated carbocycles. The van der Waals surface area contributed by atoms with E-state index in [-0.39, 0.29) is 0 Å². The molecule has 78 valence electrons. The van der Waals surface area contributed by atoms with E-state index in [4.69, 9.17) is 0 Å². The number of likely N-dealkylation sites (tertiary alicyclic amines) is 1. The van der Waals surface area contributed by atoms with Gasteiger partial charge in [0.05, 0.1) is 26.2 Å². The van der Waals surface area contributed by atoms with Gasteiger partial charge in [-0.2, -0.15) is 0 Å². The lowest BCUT2D eigenvalue weighted by Gasteiger charge is -2.45. The van der Waals surface area contributed by atoms with Crippen molar-refractivity contribution < 1.29 is 4.48 Å². The second-order valence-corrected chi connectivity index (χ2v) is 4.81. The Hall–Kier alpha value is -0.0400. The Morgan fingerprint density at radius 3 is 2.15 bits per heavy atom. The van der Waals surface area contributed by atoms with Crippen LogP contribution >= 0.6 is 0 Å². The molecule has 0 N–H and O–H groups in total. The first-order valence-corrected chi connectivity index (χ1v) is 6.02. The Labute approximate surface area is 83.7 Å². The predicted molar refractivity (Wildman–Crippen MR) is 58.6 cm³/mol. The van der Waals surface area contributed by atoms with Crippen molar-refractivity contribution in [2.24, 2.45) is 11.8 Å². The number of hydrogen-bond donors (Lipinski definition) is 0. The van der Waals surface area contributed by atoms with Crippen LogP contribution < -0.4 is 0 Å². The molecule has 0 amide bonds. The van der Waals surface area contributed by atoms with Gasteiger partial charge in [0.2, 0.25) is 0 Å². The highest BCUT2D eigenvalue weighted by Gasteiger charge is 2.34. The van der Waals surface area contributed by atoms with Crippen molar-refractivity contribution in [2.75, 3.05) is 26.2 Å². The van der Waals surface area contributed by atoms with E-state index in [0.717, 1.165) is 11.8 Å². The number of piperidine rings is 1. The molecule has 0 spiro atoms. The minimum Gasteiger partial charge on any atom is -0.324 e. The highest BCUT2D eigenvalue weighted by molar-refractivity contribution is 4.70. The summed E-state index contributed by atoms with van der Waals surface area (Å²) in [7, 11) is 0. The highest BCUT2D eigenvalue weighted by atomic mass is 15.3. The van der Waals surface area contributed by atoms with Crippen LogP contribution in [-0.4, -0.2) is 30.7 Å². The molecule has 1 heteroatoms. The number of hydrogen-bond acceptors (Lipinski definition) is 0. The van der Waals surface area contributed by atoms with Crippen LogP contribution in [0.4, 0.5) is 0 Å². The largest absolute Gasteiger partial charge is 0.324 e. The molecule has 1 nitrogen and oxygen atoms in total. The molecule has 2 atom stereocenters. The lowest BCUT2D eigenvalue weighted by Crippen LogP contribution is -2.55. The molecule has 13 heavy (non-hydrogen) atoms. The Bertz CT molecular complexity index is 149. The maximum Gasteiger partial charge on any atom is 0.0815 e. The average Bonchev–Trinajstić information content (AvgIpc) is 2.17. The summed E-state index contributed by atoms with van der Waals surface area (Å²) in [5.41, 5.74) is 0. The van der Waals surface area contributed by atoms with Crippen molar-refractivity contribution in [3.05, 3.63) is 0 Å². The normalized spacial score (nSPS) is 33.2. The van der Waals surface area contributed by atoms with Gasteiger partial charge in [-0.1, -0.05) is 20.3 Å². The van der Waals surface area contributed by atoms with Crippen LogP contribution in [0.3, 0.4) is 0 Å². The molecule has 1 aliphatic heterocycles. The summed E-state index contributed by atoms with van der Waals surface area (Å²) < 4.78 is 1.37. The maximum atomic E-state index is 2.45. The standard InChI is InChI=1S/C12H26N/c1-5-12-8-9-13(6-2,7-3)10-11(12)4/h11-12H,5-10H2,1-4H3/q+1. The van der Waals surface area contributed by atoms with Crippen LogP contribution in [0.5, 0.6) is 0 Å². The molecule has 0 aromatic rings. The summed E-state index contributed by atoms with van der Waals surface area (Å²) in [6, 6.07) is 0. The molecular weight excluding hydrogens is 158 g/mol. The highest BCUT2D eigenvalue weighted by Crippen LogP contribution is 2.30. The lowest BCUT2D eigenvalue weighted by atomic mass is 9.83. The first kappa shape index (κ1) is 11.0. The molecule has 0 bridgehead atoms. The maximum absolute atomic E-state index is 2.45. The summed E-state index contributed by atoms with van der Waals surface area (Å²) in [4.78, 5) is 0. The Morgan fingerprint density at radius 1 is 1.15 bits per heavy atom. The van der Waals surface area contributed by atoms with E-state index in [0.29, 0.717) is 0 Å². The van der Waals surface area contributed by atoms with E-state index in [1.807, 2.05) is 0 Å². The van der Waals surface area contributed by atoms with Crippen LogP contribution in [0.15, 0.2) is 0 Å². The molecule has 1 aliphatic rings. The monoisotopic (exact) mass is 184 g/mol. The third-order valence-electron chi connectivity index (χ3n) is 4.32. The van der Waals surface area contributed by atoms with Crippen LogP contribution in [0.1, 0.15) is 40.5 Å². The molecule has 0 aromatic heterocycles. The topological polar surface area (TPSA) is 0 Å². The van der Waals surface area contributed by atoms with Gasteiger partial charge in [-0.3, -0.25) is 0 Å². The SMILES string of the molecule is CCC1CC[N+](CC)(CC)CC1C. The van der Waals surface area contributed by atoms with Gasteiger partial charge < -0.3 is 4.48 Å². The Kier molecular flexibility index (Phi) is 3.78. The molecular formula is C12H26N+. The third-order valence-corrected chi connectivity index (χ3v) is 4.32. The zero-order valence-electron chi connectivity index (χ0n) is 9.84. The van der Waals surface area contributed by atoms with Crippen molar-refractivity contribution >= 4 is 0 Å². The van der Waals surface area contributed by atoms with Crippen LogP contribution in [-0.2, 0) is 0 Å². The molecule has 1 heterocycles. The van der Waals surface area contributed by atoms with Gasteiger partial charge in [-0.15, -0.1) is 0 Å². The predicted octanol–water partition coefficient (Wildman–Crippen LogP) is 2.91. The van der Waals surface area contributed by atoms with Crippen molar-refractivity contribution in [1.29, 1.82) is 0 Å². The van der Waals surface area contributed by atoms with Gasteiger partial charge in [0.15, 0.2) is 0 Å². The minimum absolute atomic E-state index is 0.943. The van der Waals surface area contributed by atoms with Crippen LogP contribution in [0.25, 0.3) is 0 Å². The third kappa shape index (κ3) is 2.25. The van der Waals surface area contributed by atoms with Crippen molar-refractivity contribution in [3.8, 4) is 0 Å². The second-order valence-electron chi connectivity index (χ2n) is 4.81. The fourth-order valence-electron chi connectivity index (χ4n) is 2.98. The molecule has 1 fully saturated rings. The van der Waals surface area contributed by atoms with Gasteiger partial charge in [-0.05, 0) is 26.2 Å². The molecule has 2 unspecified atom stereocenters. The zero-order chi connectivity index (χ0) is 9.90. The summed E-state index contributed by atoms with van der Waals surface area (Å²) in [6.45, 7) is 15.0. The first-order chi connectivity index (χ1) is 6.17. The fourth-order valence-corrected chi connectivity index (χ4v) is 2.98. The van der Waals surface area contributed by atoms with Crippen molar-refractivity contribution in [1.82, 2.24) is 0 Å². The molecule has 1 rings (SSSR count). The minimum atomic E-state index is 0.943. The first-order valence-electron chi connectivity index (χ1n) is 6.02. The van der Waals surface area contributed by atoms with E-state index in [1.54, 1.807) is 0 Å². The van der Waals surface area contributed by atoms with E-state index >= 15 is 0 Å². The summed E-state index contributed by atoms with van der Waals surface area (Å²) in [5, 5.41) is 0. The number of nitrogens with zero attached hydrogens (tertiary/aromatic N) is 1. The summed E-state index contributed by atoms with van der Waals surface area (Å²) in [6.07, 6.45) is 2.84. The van der Waals surface area contributed by atoms with Crippen LogP contribution in [0, 0.1) is 11.8 Å². The van der Waals surface area contributed by atoms with E-state index in [9.17, 15) is 0 Å². The van der Waals surface area contributed by atoms with Gasteiger partial charge in [-0.25, -0.2) is 0 Å². The Balaban J connectivity index is 2.57. The second kappa shape index (κ2) is 4.45. The Morgan fingerprint density at radius 2 is 1.77 bits per heavy atom. The van der Waals surface area contributed by atoms with E-state index in [2.05, 4.69) is 27.7 Å². The summed E-state index contributed by atoms with van der Waals surface area (Å²) in [5.74, 6) is 1.95. The smallest absolute Gasteiger partial charge is 0.0815 e.